The number of carbonyl (C=O) groups is 1. The van der Waals surface area contributed by atoms with Crippen molar-refractivity contribution in [2.24, 2.45) is 5.73 Å². The van der Waals surface area contributed by atoms with Crippen molar-refractivity contribution < 1.29 is 9.18 Å². The number of aryl methyl sites for hydroxylation is 1. The molecule has 1 amide bonds. The number of pyridine rings is 2. The van der Waals surface area contributed by atoms with Crippen LogP contribution in [0.4, 0.5) is 21.7 Å². The SMILES string of the molecule is Cc1cncc(Nc2nc(N)c(F)cc2C(N)=O)c1. The number of primary amides is 1. The van der Waals surface area contributed by atoms with E-state index in [1.807, 2.05) is 6.92 Å². The molecule has 2 aromatic heterocycles. The van der Waals surface area contributed by atoms with Gasteiger partial charge in [0.15, 0.2) is 11.6 Å². The van der Waals surface area contributed by atoms with Gasteiger partial charge in [-0.3, -0.25) is 9.78 Å². The first-order valence-corrected chi connectivity index (χ1v) is 5.42. The molecule has 0 atom stereocenters. The van der Waals surface area contributed by atoms with Crippen molar-refractivity contribution in [3.05, 3.63) is 41.5 Å². The predicted octanol–water partition coefficient (Wildman–Crippen LogP) is 1.35. The molecule has 2 heterocycles. The number of hydrogen-bond acceptors (Lipinski definition) is 5. The molecule has 0 bridgehead atoms. The Balaban J connectivity index is 2.44. The minimum atomic E-state index is -0.797. The predicted molar refractivity (Wildman–Crippen MR) is 69.4 cm³/mol. The maximum absolute atomic E-state index is 13.3. The molecule has 0 aromatic carbocycles. The normalized spacial score (nSPS) is 10.2. The summed E-state index contributed by atoms with van der Waals surface area (Å²) in [4.78, 5) is 19.0. The minimum Gasteiger partial charge on any atom is -0.381 e. The van der Waals surface area contributed by atoms with E-state index in [1.165, 1.54) is 0 Å². The van der Waals surface area contributed by atoms with Crippen LogP contribution in [-0.2, 0) is 0 Å². The van der Waals surface area contributed by atoms with Crippen molar-refractivity contribution in [2.45, 2.75) is 6.92 Å². The number of carbonyl (C=O) groups excluding carboxylic acids is 1. The van der Waals surface area contributed by atoms with Gasteiger partial charge in [0.05, 0.1) is 17.4 Å². The van der Waals surface area contributed by atoms with Crippen molar-refractivity contribution in [3.63, 3.8) is 0 Å². The molecule has 5 N–H and O–H groups in total. The van der Waals surface area contributed by atoms with Crippen molar-refractivity contribution in [3.8, 4) is 0 Å². The lowest BCUT2D eigenvalue weighted by molar-refractivity contribution is 0.100. The summed E-state index contributed by atoms with van der Waals surface area (Å²) in [6, 6.07) is 2.75. The zero-order valence-corrected chi connectivity index (χ0v) is 10.1. The molecular weight excluding hydrogens is 249 g/mol. The number of nitrogens with zero attached hydrogens (tertiary/aromatic N) is 2. The smallest absolute Gasteiger partial charge is 0.252 e. The third kappa shape index (κ3) is 2.76. The van der Waals surface area contributed by atoms with E-state index in [0.717, 1.165) is 11.6 Å². The Kier molecular flexibility index (Phi) is 3.28. The number of hydrogen-bond donors (Lipinski definition) is 3. The summed E-state index contributed by atoms with van der Waals surface area (Å²) in [6.07, 6.45) is 3.21. The van der Waals surface area contributed by atoms with Gasteiger partial charge in [-0.2, -0.15) is 0 Å². The molecule has 7 heteroatoms. The maximum Gasteiger partial charge on any atom is 0.252 e. The maximum atomic E-state index is 13.3. The van der Waals surface area contributed by atoms with Crippen LogP contribution in [0.3, 0.4) is 0 Å². The van der Waals surface area contributed by atoms with Crippen molar-refractivity contribution in [1.82, 2.24) is 9.97 Å². The Morgan fingerprint density at radius 2 is 2.11 bits per heavy atom. The van der Waals surface area contributed by atoms with Gasteiger partial charge in [0.25, 0.3) is 5.91 Å². The molecule has 0 unspecified atom stereocenters. The molecule has 0 aliphatic heterocycles. The van der Waals surface area contributed by atoms with E-state index < -0.39 is 11.7 Å². The Bertz CT molecular complexity index is 644. The quantitative estimate of drug-likeness (QED) is 0.773. The van der Waals surface area contributed by atoms with Crippen molar-refractivity contribution in [2.75, 3.05) is 11.1 Å². The van der Waals surface area contributed by atoms with E-state index in [9.17, 15) is 9.18 Å². The fraction of sp³-hybridized carbons (Fsp3) is 0.0833. The summed E-state index contributed by atoms with van der Waals surface area (Å²) in [6.45, 7) is 1.86. The second-order valence-corrected chi connectivity index (χ2v) is 3.99. The second kappa shape index (κ2) is 4.89. The standard InChI is InChI=1S/C12H12FN5O/c1-6-2-7(5-16-4-6)17-12-8(11(15)19)3-9(13)10(14)18-12/h2-5H,1H3,(H2,15,19)(H3,14,17,18). The molecule has 0 aliphatic rings. The lowest BCUT2D eigenvalue weighted by Gasteiger charge is -2.10. The van der Waals surface area contributed by atoms with E-state index in [1.54, 1.807) is 18.5 Å². The largest absolute Gasteiger partial charge is 0.381 e. The summed E-state index contributed by atoms with van der Waals surface area (Å²) >= 11 is 0. The summed E-state index contributed by atoms with van der Waals surface area (Å²) in [5.74, 6) is -1.80. The first-order valence-electron chi connectivity index (χ1n) is 5.42. The Hall–Kier alpha value is -2.70. The van der Waals surface area contributed by atoms with Gasteiger partial charge in [0.2, 0.25) is 0 Å². The van der Waals surface area contributed by atoms with Crippen LogP contribution in [0, 0.1) is 12.7 Å². The number of halogens is 1. The topological polar surface area (TPSA) is 107 Å². The summed E-state index contributed by atoms with van der Waals surface area (Å²) in [5.41, 5.74) is 12.0. The third-order valence-electron chi connectivity index (χ3n) is 2.41. The average Bonchev–Trinajstić information content (AvgIpc) is 2.33. The summed E-state index contributed by atoms with van der Waals surface area (Å²) in [5, 5.41) is 2.84. The molecule has 0 saturated carbocycles. The highest BCUT2D eigenvalue weighted by Gasteiger charge is 2.14. The van der Waals surface area contributed by atoms with Crippen molar-refractivity contribution in [1.29, 1.82) is 0 Å². The van der Waals surface area contributed by atoms with Gasteiger partial charge in [0, 0.05) is 6.20 Å². The molecule has 0 aliphatic carbocycles. The van der Waals surface area contributed by atoms with E-state index in [0.29, 0.717) is 5.69 Å². The van der Waals surface area contributed by atoms with E-state index in [4.69, 9.17) is 11.5 Å². The number of nitrogens with two attached hydrogens (primary N) is 2. The van der Waals surface area contributed by atoms with Gasteiger partial charge >= 0.3 is 0 Å². The molecule has 0 fully saturated rings. The molecule has 0 radical (unpaired) electrons. The average molecular weight is 261 g/mol. The van der Waals surface area contributed by atoms with Gasteiger partial charge in [-0.05, 0) is 24.6 Å². The second-order valence-electron chi connectivity index (χ2n) is 3.99. The van der Waals surface area contributed by atoms with Crippen molar-refractivity contribution >= 4 is 23.2 Å². The highest BCUT2D eigenvalue weighted by Crippen LogP contribution is 2.22. The van der Waals surface area contributed by atoms with Gasteiger partial charge in [-0.15, -0.1) is 0 Å². The number of anilines is 3. The molecule has 0 spiro atoms. The van der Waals surface area contributed by atoms with Crippen LogP contribution in [0.1, 0.15) is 15.9 Å². The van der Waals surface area contributed by atoms with E-state index >= 15 is 0 Å². The summed E-state index contributed by atoms with van der Waals surface area (Å²) < 4.78 is 13.3. The zero-order chi connectivity index (χ0) is 14.0. The number of nitrogens with one attached hydrogen (secondary N) is 1. The lowest BCUT2D eigenvalue weighted by Crippen LogP contribution is -2.16. The number of rotatable bonds is 3. The number of nitrogen functional groups attached to an aromatic ring is 1. The minimum absolute atomic E-state index is 0.0757. The number of amides is 1. The lowest BCUT2D eigenvalue weighted by atomic mass is 10.2. The molecule has 0 saturated heterocycles. The highest BCUT2D eigenvalue weighted by atomic mass is 19.1. The number of aromatic nitrogens is 2. The fourth-order valence-electron chi connectivity index (χ4n) is 1.55. The van der Waals surface area contributed by atoms with E-state index in [-0.39, 0.29) is 17.2 Å². The molecule has 98 valence electrons. The molecule has 2 aromatic rings. The third-order valence-corrected chi connectivity index (χ3v) is 2.41. The highest BCUT2D eigenvalue weighted by molar-refractivity contribution is 5.98. The van der Waals surface area contributed by atoms with E-state index in [2.05, 4.69) is 15.3 Å². The first kappa shape index (κ1) is 12.7. The Labute approximate surface area is 108 Å². The van der Waals surface area contributed by atoms with Crippen LogP contribution in [-0.4, -0.2) is 15.9 Å². The van der Waals surface area contributed by atoms with Crippen LogP contribution < -0.4 is 16.8 Å². The van der Waals surface area contributed by atoms with Crippen LogP contribution in [0.25, 0.3) is 0 Å². The summed E-state index contributed by atoms with van der Waals surface area (Å²) in [7, 11) is 0. The van der Waals surface area contributed by atoms with Gasteiger partial charge < -0.3 is 16.8 Å². The van der Waals surface area contributed by atoms with Gasteiger partial charge in [0.1, 0.15) is 5.82 Å². The van der Waals surface area contributed by atoms with Crippen LogP contribution in [0.15, 0.2) is 24.5 Å². The van der Waals surface area contributed by atoms with Gasteiger partial charge in [-0.25, -0.2) is 9.37 Å². The zero-order valence-electron chi connectivity index (χ0n) is 10.1. The first-order chi connectivity index (χ1) is 8.97. The van der Waals surface area contributed by atoms with Crippen LogP contribution >= 0.6 is 0 Å². The van der Waals surface area contributed by atoms with Crippen LogP contribution in [0.5, 0.6) is 0 Å². The molecular formula is C12H12FN5O. The monoisotopic (exact) mass is 261 g/mol. The Morgan fingerprint density at radius 1 is 1.37 bits per heavy atom. The van der Waals surface area contributed by atoms with Crippen LogP contribution in [0.2, 0.25) is 0 Å². The molecule has 6 nitrogen and oxygen atoms in total. The Morgan fingerprint density at radius 3 is 2.74 bits per heavy atom. The van der Waals surface area contributed by atoms with Gasteiger partial charge in [-0.1, -0.05) is 0 Å². The molecule has 2 rings (SSSR count). The fourth-order valence-corrected chi connectivity index (χ4v) is 1.55. The molecule has 19 heavy (non-hydrogen) atoms.